The molecule has 0 radical (unpaired) electrons. The molecule has 26 heavy (non-hydrogen) atoms. The fourth-order valence-electron chi connectivity index (χ4n) is 5.91. The number of rotatable bonds is 4. The largest absolute Gasteiger partial charge is 0.346 e. The summed E-state index contributed by atoms with van der Waals surface area (Å²) in [5.41, 5.74) is -1.40. The summed E-state index contributed by atoms with van der Waals surface area (Å²) in [5.74, 6) is 0.687. The predicted octanol–water partition coefficient (Wildman–Crippen LogP) is 3.56. The van der Waals surface area contributed by atoms with Crippen LogP contribution in [0.3, 0.4) is 0 Å². The smallest absolute Gasteiger partial charge is 0.166 e. The van der Waals surface area contributed by atoms with Crippen molar-refractivity contribution < 1.29 is 19.2 Å². The van der Waals surface area contributed by atoms with Gasteiger partial charge in [0.25, 0.3) is 0 Å². The summed E-state index contributed by atoms with van der Waals surface area (Å²) < 4.78 is 6.49. The maximum Gasteiger partial charge on any atom is 0.166 e. The molecular weight excluding hydrogens is 346 g/mol. The van der Waals surface area contributed by atoms with Crippen molar-refractivity contribution in [1.29, 1.82) is 0 Å². The first kappa shape index (κ1) is 18.8. The molecule has 0 unspecified atom stereocenters. The summed E-state index contributed by atoms with van der Waals surface area (Å²) in [5, 5.41) is 1.98. The van der Waals surface area contributed by atoms with E-state index >= 15 is 0 Å². The van der Waals surface area contributed by atoms with Crippen LogP contribution < -0.4 is 0 Å². The van der Waals surface area contributed by atoms with Crippen molar-refractivity contribution >= 4 is 19.6 Å². The number of carbonyl (C=O) groups excluding carboxylic acids is 2. The number of ether oxygens (including phenoxy) is 1. The Morgan fingerprint density at radius 1 is 1.15 bits per heavy atom. The highest BCUT2D eigenvalue weighted by Crippen LogP contribution is 2.63. The number of Topliss-reactive ketones (excluding diaryl/α,β-unsaturated/α-hetero) is 2. The minimum atomic E-state index is -1.14. The van der Waals surface area contributed by atoms with Gasteiger partial charge >= 0.3 is 0 Å². The number of hydroxylamine groups is 2. The van der Waals surface area contributed by atoms with E-state index in [0.717, 1.165) is 51.3 Å². The molecule has 2 spiro atoms. The Morgan fingerprint density at radius 3 is 2.73 bits per heavy atom. The van der Waals surface area contributed by atoms with E-state index in [1.165, 1.54) is 0 Å². The molecule has 146 valence electrons. The zero-order valence-electron chi connectivity index (χ0n) is 16.5. The standard InChI is InChI=1S/C20H33NO4Si/c1-26(2,3)13-12-24-21-11-5-9-19-15(6-4-7-16(19)22)14-17(23)20(19)10-8-18(21)25-20/h15,18H,4-14H2,1-3H3/t15-,18-,19+,20-/m0/s1. The van der Waals surface area contributed by atoms with Crippen LogP contribution >= 0.6 is 0 Å². The molecule has 4 fully saturated rings. The second kappa shape index (κ2) is 6.50. The molecule has 5 nitrogen and oxygen atoms in total. The number of hydrogen-bond donors (Lipinski definition) is 0. The van der Waals surface area contributed by atoms with Gasteiger partial charge in [-0.15, -0.1) is 0 Å². The second-order valence-corrected chi connectivity index (χ2v) is 15.6. The van der Waals surface area contributed by atoms with E-state index < -0.39 is 19.1 Å². The number of nitrogens with zero attached hydrogens (tertiary/aromatic N) is 1. The zero-order valence-corrected chi connectivity index (χ0v) is 17.5. The van der Waals surface area contributed by atoms with Crippen molar-refractivity contribution in [3.05, 3.63) is 0 Å². The molecule has 2 heterocycles. The second-order valence-electron chi connectivity index (χ2n) is 9.94. The molecule has 0 aromatic heterocycles. The molecule has 4 aliphatic rings. The fourth-order valence-corrected chi connectivity index (χ4v) is 6.61. The van der Waals surface area contributed by atoms with Crippen LogP contribution in [0, 0.1) is 11.3 Å². The number of carbonyl (C=O) groups is 2. The Labute approximate surface area is 157 Å². The number of ketones is 2. The van der Waals surface area contributed by atoms with Crippen molar-refractivity contribution in [2.45, 2.75) is 88.9 Å². The summed E-state index contributed by atoms with van der Waals surface area (Å²) >= 11 is 0. The highest BCUT2D eigenvalue weighted by atomic mass is 28.3. The summed E-state index contributed by atoms with van der Waals surface area (Å²) in [6.45, 7) is 8.56. The molecule has 4 atom stereocenters. The van der Waals surface area contributed by atoms with E-state index in [1.807, 2.05) is 5.06 Å². The van der Waals surface area contributed by atoms with Crippen LogP contribution in [0.5, 0.6) is 0 Å². The van der Waals surface area contributed by atoms with Gasteiger partial charge in [0.15, 0.2) is 5.78 Å². The molecule has 0 amide bonds. The van der Waals surface area contributed by atoms with Gasteiger partial charge in [-0.3, -0.25) is 14.4 Å². The number of fused-ring (bicyclic) bond motifs is 1. The molecule has 2 saturated heterocycles. The first-order valence-electron chi connectivity index (χ1n) is 10.4. The lowest BCUT2D eigenvalue weighted by atomic mass is 9.58. The molecule has 2 bridgehead atoms. The first-order chi connectivity index (χ1) is 12.3. The van der Waals surface area contributed by atoms with Gasteiger partial charge in [-0.2, -0.15) is 5.06 Å². The summed E-state index contributed by atoms with van der Waals surface area (Å²) in [6, 6.07) is 1.12. The van der Waals surface area contributed by atoms with Gasteiger partial charge in [0.2, 0.25) is 0 Å². The van der Waals surface area contributed by atoms with Gasteiger partial charge in [0, 0.05) is 27.5 Å². The maximum atomic E-state index is 13.1. The third-order valence-corrected chi connectivity index (χ3v) is 8.92. The van der Waals surface area contributed by atoms with Crippen LogP contribution in [0.15, 0.2) is 0 Å². The molecule has 4 rings (SSSR count). The number of hydrogen-bond acceptors (Lipinski definition) is 5. The van der Waals surface area contributed by atoms with Gasteiger partial charge < -0.3 is 4.74 Å². The van der Waals surface area contributed by atoms with Crippen molar-refractivity contribution in [3.63, 3.8) is 0 Å². The Morgan fingerprint density at radius 2 is 1.96 bits per heavy atom. The lowest BCUT2D eigenvalue weighted by Gasteiger charge is -2.48. The Balaban J connectivity index is 1.56. The minimum absolute atomic E-state index is 0.175. The topological polar surface area (TPSA) is 55.8 Å². The van der Waals surface area contributed by atoms with Gasteiger partial charge in [0.1, 0.15) is 17.6 Å². The van der Waals surface area contributed by atoms with Crippen molar-refractivity contribution in [2.24, 2.45) is 11.3 Å². The van der Waals surface area contributed by atoms with Crippen LogP contribution in [0.2, 0.25) is 25.7 Å². The van der Waals surface area contributed by atoms with E-state index in [2.05, 4.69) is 19.6 Å². The molecular formula is C20H33NO4Si. The van der Waals surface area contributed by atoms with E-state index in [0.29, 0.717) is 25.0 Å². The first-order valence-corrected chi connectivity index (χ1v) is 14.1. The molecule has 0 N–H and O–H groups in total. The van der Waals surface area contributed by atoms with Gasteiger partial charge in [-0.05, 0) is 50.5 Å². The van der Waals surface area contributed by atoms with Crippen LogP contribution in [-0.4, -0.2) is 49.7 Å². The van der Waals surface area contributed by atoms with Crippen molar-refractivity contribution in [2.75, 3.05) is 13.2 Å². The van der Waals surface area contributed by atoms with E-state index in [9.17, 15) is 9.59 Å². The monoisotopic (exact) mass is 379 g/mol. The molecule has 0 aromatic carbocycles. The minimum Gasteiger partial charge on any atom is -0.346 e. The van der Waals surface area contributed by atoms with Gasteiger partial charge in [0.05, 0.1) is 12.0 Å². The molecule has 6 heteroatoms. The predicted molar refractivity (Wildman–Crippen MR) is 101 cm³/mol. The third kappa shape index (κ3) is 2.76. The van der Waals surface area contributed by atoms with Crippen LogP contribution in [0.25, 0.3) is 0 Å². The summed E-state index contributed by atoms with van der Waals surface area (Å²) in [4.78, 5) is 32.3. The van der Waals surface area contributed by atoms with Crippen LogP contribution in [-0.2, 0) is 19.2 Å². The molecule has 2 aliphatic carbocycles. The third-order valence-electron chi connectivity index (χ3n) is 7.21. The fraction of sp³-hybridized carbons (Fsp3) is 0.900. The molecule has 2 aliphatic heterocycles. The lowest BCUT2D eigenvalue weighted by molar-refractivity contribution is -0.274. The normalized spacial score (nSPS) is 40.9. The van der Waals surface area contributed by atoms with Gasteiger partial charge in [-0.1, -0.05) is 19.6 Å². The average molecular weight is 380 g/mol. The quantitative estimate of drug-likeness (QED) is 0.699. The Bertz CT molecular complexity index is 603. The van der Waals surface area contributed by atoms with Crippen molar-refractivity contribution in [1.82, 2.24) is 5.06 Å². The highest BCUT2D eigenvalue weighted by molar-refractivity contribution is 6.76. The van der Waals surface area contributed by atoms with E-state index in [-0.39, 0.29) is 17.9 Å². The van der Waals surface area contributed by atoms with E-state index in [1.54, 1.807) is 0 Å². The molecule has 0 aromatic rings. The SMILES string of the molecule is C[Si](C)(C)CCON1CCC[C@]23C(=O)CCC[C@H]2CC(=O)[C@@]32CC[C@@H]1O2. The molecule has 2 saturated carbocycles. The zero-order chi connectivity index (χ0) is 18.6. The van der Waals surface area contributed by atoms with E-state index in [4.69, 9.17) is 9.57 Å². The van der Waals surface area contributed by atoms with Crippen LogP contribution in [0.1, 0.15) is 51.4 Å². The summed E-state index contributed by atoms with van der Waals surface area (Å²) in [6.07, 6.45) is 6.09. The lowest BCUT2D eigenvalue weighted by Crippen LogP contribution is -2.58. The highest BCUT2D eigenvalue weighted by Gasteiger charge is 2.72. The van der Waals surface area contributed by atoms with Crippen LogP contribution in [0.4, 0.5) is 0 Å². The average Bonchev–Trinajstić information content (AvgIpc) is 3.09. The van der Waals surface area contributed by atoms with Gasteiger partial charge in [-0.25, -0.2) is 0 Å². The Kier molecular flexibility index (Phi) is 4.70. The Hall–Kier alpha value is -0.563. The van der Waals surface area contributed by atoms with Crippen molar-refractivity contribution in [3.8, 4) is 0 Å². The summed E-state index contributed by atoms with van der Waals surface area (Å²) in [7, 11) is -1.14. The maximum absolute atomic E-state index is 13.1.